The van der Waals surface area contributed by atoms with Crippen molar-refractivity contribution in [3.63, 3.8) is 0 Å². The maximum absolute atomic E-state index is 12.5. The van der Waals surface area contributed by atoms with E-state index in [1.54, 1.807) is 0 Å². The van der Waals surface area contributed by atoms with E-state index in [2.05, 4.69) is 0 Å². The Kier molecular flexibility index (Phi) is 7.13. The molecule has 0 fully saturated rings. The fraction of sp³-hybridized carbons (Fsp3) is 0.316. The second kappa shape index (κ2) is 9.54. The third kappa shape index (κ3) is 4.93. The normalized spacial score (nSPS) is 10.5. The number of anilines is 1. The number of ketones is 1. The fourth-order valence-corrected chi connectivity index (χ4v) is 2.61. The molecule has 1 amide bonds. The molecule has 0 spiro atoms. The van der Waals surface area contributed by atoms with Crippen molar-refractivity contribution >= 4 is 23.5 Å². The second-order valence-electron chi connectivity index (χ2n) is 6.34. The Morgan fingerprint density at radius 3 is 2.27 bits per heavy atom. The van der Waals surface area contributed by atoms with Crippen molar-refractivity contribution in [2.75, 3.05) is 18.9 Å². The summed E-state index contributed by atoms with van der Waals surface area (Å²) >= 11 is 0. The predicted molar refractivity (Wildman–Crippen MR) is 106 cm³/mol. The molecule has 1 aromatic heterocycles. The van der Waals surface area contributed by atoms with Crippen LogP contribution in [0.3, 0.4) is 0 Å². The van der Waals surface area contributed by atoms with E-state index in [1.807, 2.05) is 6.92 Å². The lowest BCUT2D eigenvalue weighted by Crippen LogP contribution is -2.43. The van der Waals surface area contributed by atoms with Crippen LogP contribution in [0.25, 0.3) is 0 Å². The average molecular weight is 418 g/mol. The summed E-state index contributed by atoms with van der Waals surface area (Å²) in [4.78, 5) is 59.8. The summed E-state index contributed by atoms with van der Waals surface area (Å²) in [7, 11) is 1.24. The van der Waals surface area contributed by atoms with E-state index in [0.29, 0.717) is 12.2 Å². The molecule has 30 heavy (non-hydrogen) atoms. The van der Waals surface area contributed by atoms with Crippen molar-refractivity contribution < 1.29 is 23.9 Å². The Morgan fingerprint density at radius 2 is 1.70 bits per heavy atom. The molecule has 160 valence electrons. The van der Waals surface area contributed by atoms with Gasteiger partial charge in [0.25, 0.3) is 11.5 Å². The molecule has 1 aromatic carbocycles. The van der Waals surface area contributed by atoms with Crippen LogP contribution in [0.15, 0.2) is 33.9 Å². The number of ether oxygens (including phenoxy) is 2. The smallest absolute Gasteiger partial charge is 0.338 e. The lowest BCUT2D eigenvalue weighted by atomic mass is 10.2. The van der Waals surface area contributed by atoms with Gasteiger partial charge < -0.3 is 20.9 Å². The number of benzene rings is 1. The average Bonchev–Trinajstić information content (AvgIpc) is 2.72. The number of carbonyl (C=O) groups excluding carboxylic acids is 3. The minimum atomic E-state index is -0.859. The number of aromatic nitrogens is 2. The molecule has 0 saturated carbocycles. The number of hydrogen-bond acceptors (Lipinski definition) is 8. The highest BCUT2D eigenvalue weighted by Crippen LogP contribution is 2.13. The highest BCUT2D eigenvalue weighted by atomic mass is 16.5. The number of hydrogen-bond donors (Lipinski definition) is 2. The van der Waals surface area contributed by atoms with E-state index in [4.69, 9.17) is 20.9 Å². The topological polar surface area (TPSA) is 166 Å². The van der Waals surface area contributed by atoms with Gasteiger partial charge in [-0.3, -0.25) is 23.5 Å². The van der Waals surface area contributed by atoms with Gasteiger partial charge in [0.2, 0.25) is 5.78 Å². The van der Waals surface area contributed by atoms with Crippen LogP contribution in [0.4, 0.5) is 5.82 Å². The number of nitrogens with two attached hydrogens (primary N) is 2. The summed E-state index contributed by atoms with van der Waals surface area (Å²) in [6.07, 6.45) is 0.560. The van der Waals surface area contributed by atoms with Crippen molar-refractivity contribution in [1.29, 1.82) is 0 Å². The van der Waals surface area contributed by atoms with Crippen LogP contribution in [-0.4, -0.2) is 40.0 Å². The summed E-state index contributed by atoms with van der Waals surface area (Å²) in [5.41, 5.74) is 9.06. The zero-order valence-corrected chi connectivity index (χ0v) is 16.5. The van der Waals surface area contributed by atoms with Gasteiger partial charge in [-0.2, -0.15) is 0 Å². The van der Waals surface area contributed by atoms with Crippen molar-refractivity contribution in [1.82, 2.24) is 9.13 Å². The molecule has 4 N–H and O–H groups in total. The highest BCUT2D eigenvalue weighted by Gasteiger charge is 2.22. The second-order valence-corrected chi connectivity index (χ2v) is 6.34. The quantitative estimate of drug-likeness (QED) is 0.404. The lowest BCUT2D eigenvalue weighted by molar-refractivity contribution is -0.119. The highest BCUT2D eigenvalue weighted by molar-refractivity contribution is 6.02. The molecule has 11 nitrogen and oxygen atoms in total. The Bertz CT molecular complexity index is 1080. The molecule has 2 rings (SSSR count). The lowest BCUT2D eigenvalue weighted by Gasteiger charge is -2.14. The van der Waals surface area contributed by atoms with E-state index in [9.17, 15) is 24.0 Å². The number of nitrogens with zero attached hydrogens (tertiary/aromatic N) is 2. The van der Waals surface area contributed by atoms with Gasteiger partial charge in [-0.15, -0.1) is 0 Å². The van der Waals surface area contributed by atoms with Gasteiger partial charge in [-0.25, -0.2) is 9.59 Å². The summed E-state index contributed by atoms with van der Waals surface area (Å²) in [5.74, 6) is -2.24. The molecule has 0 aliphatic carbocycles. The number of esters is 1. The SMILES string of the molecule is CCCn1c(N)c(C(=O)COC(=O)c2ccc(OCC(N)=O)cc2)c(=O)n(C)c1=O. The van der Waals surface area contributed by atoms with E-state index >= 15 is 0 Å². The van der Waals surface area contributed by atoms with Crippen LogP contribution in [-0.2, 0) is 23.1 Å². The first-order valence-electron chi connectivity index (χ1n) is 8.98. The molecular weight excluding hydrogens is 396 g/mol. The van der Waals surface area contributed by atoms with Gasteiger partial charge in [0.1, 0.15) is 17.1 Å². The molecule has 0 aliphatic heterocycles. The van der Waals surface area contributed by atoms with E-state index < -0.39 is 41.1 Å². The van der Waals surface area contributed by atoms with Crippen LogP contribution >= 0.6 is 0 Å². The van der Waals surface area contributed by atoms with Crippen LogP contribution in [0.5, 0.6) is 5.75 Å². The first-order chi connectivity index (χ1) is 14.2. The molecule has 0 aliphatic rings. The van der Waals surface area contributed by atoms with Crippen LogP contribution in [0.1, 0.15) is 34.1 Å². The van der Waals surface area contributed by atoms with Gasteiger partial charge in [0, 0.05) is 13.6 Å². The Labute approximate surface area is 170 Å². The van der Waals surface area contributed by atoms with Crippen LogP contribution in [0, 0.1) is 0 Å². The van der Waals surface area contributed by atoms with Crippen LogP contribution < -0.4 is 27.5 Å². The first-order valence-corrected chi connectivity index (χ1v) is 8.98. The molecule has 0 unspecified atom stereocenters. The van der Waals surface area contributed by atoms with E-state index in [0.717, 1.165) is 9.13 Å². The standard InChI is InChI=1S/C19H22N4O7/c1-3-8-23-16(21)15(17(26)22(2)19(23)28)13(24)9-30-18(27)11-4-6-12(7-5-11)29-10-14(20)25/h4-7H,3,8-10,21H2,1-2H3,(H2,20,25). The third-order valence-electron chi connectivity index (χ3n) is 4.11. The first kappa shape index (κ1) is 22.4. The summed E-state index contributed by atoms with van der Waals surface area (Å²) in [6.45, 7) is 0.991. The van der Waals surface area contributed by atoms with Gasteiger partial charge in [0.05, 0.1) is 5.56 Å². The summed E-state index contributed by atoms with van der Waals surface area (Å²) < 4.78 is 12.0. The van der Waals surface area contributed by atoms with Crippen LogP contribution in [0.2, 0.25) is 0 Å². The van der Waals surface area contributed by atoms with E-state index in [1.165, 1.54) is 31.3 Å². The van der Waals surface area contributed by atoms with E-state index in [-0.39, 0.29) is 24.5 Å². The fourth-order valence-electron chi connectivity index (χ4n) is 2.61. The minimum Gasteiger partial charge on any atom is -0.484 e. The largest absolute Gasteiger partial charge is 0.484 e. The number of Topliss-reactive ketones (excluding diaryl/α,β-unsaturated/α-hetero) is 1. The van der Waals surface area contributed by atoms with Crippen molar-refractivity contribution in [2.45, 2.75) is 19.9 Å². The molecule has 1 heterocycles. The predicted octanol–water partition coefficient (Wildman–Crippen LogP) is -0.557. The van der Waals surface area contributed by atoms with Gasteiger partial charge >= 0.3 is 11.7 Å². The zero-order chi connectivity index (χ0) is 22.4. The molecular formula is C19H22N4O7. The monoisotopic (exact) mass is 418 g/mol. The molecule has 0 bridgehead atoms. The molecule has 0 saturated heterocycles. The maximum atomic E-state index is 12.5. The molecule has 0 atom stereocenters. The van der Waals surface area contributed by atoms with Gasteiger partial charge in [0.15, 0.2) is 13.2 Å². The number of amides is 1. The Hall–Kier alpha value is -3.89. The van der Waals surface area contributed by atoms with Crippen molar-refractivity contribution in [3.05, 3.63) is 56.2 Å². The number of primary amides is 1. The van der Waals surface area contributed by atoms with Gasteiger partial charge in [-0.1, -0.05) is 6.92 Å². The van der Waals surface area contributed by atoms with Gasteiger partial charge in [-0.05, 0) is 30.7 Å². The number of carbonyl (C=O) groups is 3. The summed E-state index contributed by atoms with van der Waals surface area (Å²) in [6, 6.07) is 5.60. The summed E-state index contributed by atoms with van der Waals surface area (Å²) in [5, 5.41) is 0. The molecule has 0 radical (unpaired) electrons. The third-order valence-corrected chi connectivity index (χ3v) is 4.11. The zero-order valence-electron chi connectivity index (χ0n) is 16.5. The number of nitrogen functional groups attached to an aromatic ring is 1. The maximum Gasteiger partial charge on any atom is 0.338 e. The Balaban J connectivity index is 2.14. The molecule has 11 heteroatoms. The number of rotatable bonds is 9. The van der Waals surface area contributed by atoms with Crippen molar-refractivity contribution in [2.24, 2.45) is 12.8 Å². The minimum absolute atomic E-state index is 0.117. The Morgan fingerprint density at radius 1 is 1.07 bits per heavy atom. The van der Waals surface area contributed by atoms with Crippen molar-refractivity contribution in [3.8, 4) is 5.75 Å². The molecule has 2 aromatic rings.